The fourth-order valence-electron chi connectivity index (χ4n) is 7.10. The molecule has 45 heavy (non-hydrogen) atoms. The van der Waals surface area contributed by atoms with Gasteiger partial charge in [0, 0.05) is 27.1 Å². The number of hydrogen-bond donors (Lipinski definition) is 4. The molecule has 3 aromatic carbocycles. The van der Waals surface area contributed by atoms with Crippen LogP contribution in [-0.4, -0.2) is 37.6 Å². The molecule has 0 saturated carbocycles. The second kappa shape index (κ2) is 10.8. The van der Waals surface area contributed by atoms with Gasteiger partial charge in [-0.15, -0.1) is 0 Å². The van der Waals surface area contributed by atoms with Crippen molar-refractivity contribution < 1.29 is 4.74 Å². The summed E-state index contributed by atoms with van der Waals surface area (Å²) < 4.78 is 9.06. The van der Waals surface area contributed by atoms with Crippen LogP contribution in [0.25, 0.3) is 44.7 Å². The smallest absolute Gasteiger partial charge is 0.203 e. The molecule has 4 N–H and O–H groups in total. The molecule has 2 fully saturated rings. The van der Waals surface area contributed by atoms with Crippen molar-refractivity contribution in [3.63, 3.8) is 0 Å². The van der Waals surface area contributed by atoms with E-state index in [-0.39, 0.29) is 6.04 Å². The number of rotatable bonds is 5. The monoisotopic (exact) mass is 635 g/mol. The zero-order chi connectivity index (χ0) is 30.1. The highest BCUT2D eigenvalue weighted by Gasteiger charge is 2.32. The third-order valence-corrected chi connectivity index (χ3v) is 10.0. The maximum Gasteiger partial charge on any atom is 0.203 e. The van der Waals surface area contributed by atoms with Crippen molar-refractivity contribution in [2.45, 2.75) is 44.0 Å². The summed E-state index contributed by atoms with van der Waals surface area (Å²) in [5.41, 5.74) is 7.87. The van der Waals surface area contributed by atoms with Crippen molar-refractivity contribution in [1.82, 2.24) is 35.1 Å². The van der Waals surface area contributed by atoms with Gasteiger partial charge in [0.1, 0.15) is 17.4 Å². The predicted octanol–water partition coefficient (Wildman–Crippen LogP) is 8.18. The van der Waals surface area contributed by atoms with Gasteiger partial charge in [-0.05, 0) is 74.7 Å². The van der Waals surface area contributed by atoms with E-state index in [0.29, 0.717) is 16.1 Å². The Balaban J connectivity index is 1.11. The van der Waals surface area contributed by atoms with Gasteiger partial charge in [0.25, 0.3) is 0 Å². The molecule has 10 heteroatoms. The molecule has 0 bridgehead atoms. The van der Waals surface area contributed by atoms with E-state index in [2.05, 4.69) is 77.6 Å². The minimum atomic E-state index is -0.437. The average Bonchev–Trinajstić information content (AvgIpc) is 3.91. The van der Waals surface area contributed by atoms with E-state index < -0.39 is 6.23 Å². The number of ether oxygens (including phenoxy) is 1. The first kappa shape index (κ1) is 27.2. The summed E-state index contributed by atoms with van der Waals surface area (Å²) in [7, 11) is 0. The molecule has 3 aromatic heterocycles. The summed E-state index contributed by atoms with van der Waals surface area (Å²) >= 11 is 13.6. The lowest BCUT2D eigenvalue weighted by atomic mass is 10.0. The van der Waals surface area contributed by atoms with Crippen LogP contribution in [0.5, 0.6) is 5.75 Å². The van der Waals surface area contributed by atoms with Gasteiger partial charge in [-0.2, -0.15) is 0 Å². The van der Waals surface area contributed by atoms with Gasteiger partial charge in [-0.3, -0.25) is 4.57 Å². The van der Waals surface area contributed by atoms with E-state index in [1.165, 1.54) is 6.42 Å². The molecule has 0 amide bonds. The van der Waals surface area contributed by atoms with Crippen LogP contribution in [0.2, 0.25) is 10.0 Å². The highest BCUT2D eigenvalue weighted by molar-refractivity contribution is 6.39. The molecule has 0 spiro atoms. The molecule has 2 saturated heterocycles. The van der Waals surface area contributed by atoms with Crippen LogP contribution in [-0.2, 0) is 0 Å². The van der Waals surface area contributed by atoms with Crippen molar-refractivity contribution in [2.75, 3.05) is 13.1 Å². The summed E-state index contributed by atoms with van der Waals surface area (Å²) in [6, 6.07) is 21.2. The lowest BCUT2D eigenvalue weighted by molar-refractivity contribution is 0.173. The molecule has 3 atom stereocenters. The number of aromatic nitrogens is 5. The first-order chi connectivity index (χ1) is 22.1. The number of aromatic amines is 2. The van der Waals surface area contributed by atoms with E-state index in [1.807, 2.05) is 30.6 Å². The van der Waals surface area contributed by atoms with Gasteiger partial charge < -0.3 is 25.3 Å². The zero-order valence-electron chi connectivity index (χ0n) is 24.4. The molecule has 0 radical (unpaired) electrons. The van der Waals surface area contributed by atoms with Crippen LogP contribution in [0, 0.1) is 0 Å². The van der Waals surface area contributed by atoms with E-state index in [9.17, 15) is 0 Å². The maximum atomic E-state index is 7.15. The van der Waals surface area contributed by atoms with Crippen molar-refractivity contribution in [2.24, 2.45) is 0 Å². The van der Waals surface area contributed by atoms with Crippen molar-refractivity contribution in [3.05, 3.63) is 100 Å². The summed E-state index contributed by atoms with van der Waals surface area (Å²) in [4.78, 5) is 16.4. The molecule has 6 aromatic rings. The lowest BCUT2D eigenvalue weighted by Crippen LogP contribution is -2.22. The Morgan fingerprint density at radius 2 is 1.42 bits per heavy atom. The van der Waals surface area contributed by atoms with E-state index in [4.69, 9.17) is 27.9 Å². The van der Waals surface area contributed by atoms with Crippen molar-refractivity contribution in [3.8, 4) is 39.5 Å². The number of benzene rings is 3. The third-order valence-electron chi connectivity index (χ3n) is 9.40. The van der Waals surface area contributed by atoms with Crippen molar-refractivity contribution in [1.29, 1.82) is 0 Å². The minimum absolute atomic E-state index is 0.272. The van der Waals surface area contributed by atoms with Crippen LogP contribution in [0.15, 0.2) is 73.1 Å². The first-order valence-corrected chi connectivity index (χ1v) is 16.3. The van der Waals surface area contributed by atoms with E-state index >= 15 is 0 Å². The first-order valence-electron chi connectivity index (χ1n) is 15.6. The summed E-state index contributed by atoms with van der Waals surface area (Å²) in [5.74, 6) is 2.74. The number of fused-ring (bicyclic) bond motifs is 5. The standard InChI is InChI=1S/C35H31Cl2N7O/c36-22-10-12-29-24(16-22)31(37)32-23-11-9-21(28-18-41-34(43-28)26-4-2-14-39-26)15-30(23)45-35(44(29)32)20-7-5-19(6-8-20)27-17-40-33(42-27)25-3-1-13-38-25/h5-12,15-18,25-26,35,38-39H,1-4,13-14H2,(H,40,42)(H,41,43). The van der Waals surface area contributed by atoms with E-state index in [0.717, 1.165) is 100.0 Å². The Hall–Kier alpha value is -4.08. The highest BCUT2D eigenvalue weighted by Crippen LogP contribution is 2.50. The Labute approximate surface area is 270 Å². The number of halogens is 2. The van der Waals surface area contributed by atoms with Crippen LogP contribution < -0.4 is 15.4 Å². The SMILES string of the molecule is Clc1ccc2c(c1)c(Cl)c1n2C(c2ccc(-c3cnc(C4CCCN4)[nH]3)cc2)Oc2cc(-c3cnc(C4CCCN4)[nH]3)ccc2-1. The van der Waals surface area contributed by atoms with Gasteiger partial charge in [0.05, 0.1) is 52.1 Å². The Morgan fingerprint density at radius 3 is 2.09 bits per heavy atom. The summed E-state index contributed by atoms with van der Waals surface area (Å²) in [6.45, 7) is 2.06. The van der Waals surface area contributed by atoms with Gasteiger partial charge in [0.2, 0.25) is 6.23 Å². The fourth-order valence-corrected chi connectivity index (χ4v) is 7.61. The molecule has 6 heterocycles. The predicted molar refractivity (Wildman–Crippen MR) is 178 cm³/mol. The Kier molecular flexibility index (Phi) is 6.52. The topological polar surface area (TPSA) is 95.6 Å². The third kappa shape index (κ3) is 4.58. The second-order valence-electron chi connectivity index (χ2n) is 12.2. The molecule has 9 rings (SSSR count). The second-order valence-corrected chi connectivity index (χ2v) is 13.0. The van der Waals surface area contributed by atoms with Gasteiger partial charge in [-0.25, -0.2) is 9.97 Å². The molecule has 0 aliphatic carbocycles. The van der Waals surface area contributed by atoms with Crippen LogP contribution >= 0.6 is 23.2 Å². The van der Waals surface area contributed by atoms with Crippen LogP contribution in [0.4, 0.5) is 0 Å². The quantitative estimate of drug-likeness (QED) is 0.153. The normalized spacial score (nSPS) is 20.8. The van der Waals surface area contributed by atoms with E-state index in [1.54, 1.807) is 0 Å². The minimum Gasteiger partial charge on any atom is -0.465 e. The highest BCUT2D eigenvalue weighted by atomic mass is 35.5. The largest absolute Gasteiger partial charge is 0.465 e. The number of imidazole rings is 2. The summed E-state index contributed by atoms with van der Waals surface area (Å²) in [5, 5.41) is 9.23. The molecular formula is C35H31Cl2N7O. The lowest BCUT2D eigenvalue weighted by Gasteiger charge is -2.31. The molecule has 226 valence electrons. The van der Waals surface area contributed by atoms with Crippen LogP contribution in [0.3, 0.4) is 0 Å². The summed E-state index contributed by atoms with van der Waals surface area (Å²) in [6.07, 6.45) is 7.93. The molecule has 3 aliphatic rings. The number of hydrogen-bond acceptors (Lipinski definition) is 5. The maximum absolute atomic E-state index is 7.15. The molecule has 3 unspecified atom stereocenters. The van der Waals surface area contributed by atoms with Crippen LogP contribution in [0.1, 0.15) is 61.2 Å². The van der Waals surface area contributed by atoms with Gasteiger partial charge in [0.15, 0.2) is 0 Å². The number of nitrogens with zero attached hydrogens (tertiary/aromatic N) is 3. The fraction of sp³-hybridized carbons (Fsp3) is 0.257. The molecule has 8 nitrogen and oxygen atoms in total. The van der Waals surface area contributed by atoms with Crippen molar-refractivity contribution >= 4 is 34.1 Å². The Bertz CT molecular complexity index is 2050. The Morgan fingerprint density at radius 1 is 0.756 bits per heavy atom. The zero-order valence-corrected chi connectivity index (χ0v) is 25.9. The average molecular weight is 637 g/mol. The molecule has 3 aliphatic heterocycles. The van der Waals surface area contributed by atoms with Gasteiger partial charge in [-0.1, -0.05) is 53.5 Å². The number of nitrogens with one attached hydrogen (secondary N) is 4. The van der Waals surface area contributed by atoms with Gasteiger partial charge >= 0.3 is 0 Å². The molecular weight excluding hydrogens is 605 g/mol. The number of H-pyrrole nitrogens is 2.